The van der Waals surface area contributed by atoms with Crippen molar-refractivity contribution < 1.29 is 40.3 Å². The fourth-order valence-electron chi connectivity index (χ4n) is 0. The van der Waals surface area contributed by atoms with Gasteiger partial charge in [-0.05, 0) is 11.0 Å². The fraction of sp³-hybridized carbons (Fsp3) is 0. The van der Waals surface area contributed by atoms with Crippen LogP contribution in [0.15, 0.2) is 0 Å². The van der Waals surface area contributed by atoms with Gasteiger partial charge in [0.25, 0.3) is 0 Å². The summed E-state index contributed by atoms with van der Waals surface area (Å²) in [6.07, 6.45) is 0. The Morgan fingerprint density at radius 1 is 1.11 bits per heavy atom. The second-order valence-electron chi connectivity index (χ2n) is 0.513. The zero-order chi connectivity index (χ0) is 4.50. The van der Waals surface area contributed by atoms with Gasteiger partial charge in [0.15, 0.2) is 17.4 Å². The van der Waals surface area contributed by atoms with Gasteiger partial charge >= 0.3 is 45.6 Å². The monoisotopic (exact) mass is 386 g/mol. The Kier molecular flexibility index (Phi) is 44.3. The van der Waals surface area contributed by atoms with Crippen molar-refractivity contribution in [1.82, 2.24) is 0 Å². The second kappa shape index (κ2) is 13.4. The van der Waals surface area contributed by atoms with E-state index in [-0.39, 0.29) is 87.1 Å². The fourth-order valence-corrected chi connectivity index (χ4v) is 0. The Morgan fingerprint density at radius 3 is 1.11 bits per heavy atom. The maximum Gasteiger partial charge on any atom is 0 e. The molecule has 0 saturated carbocycles. The molecule has 0 bridgehead atoms. The van der Waals surface area contributed by atoms with Crippen molar-refractivity contribution in [2.24, 2.45) is 0 Å². The summed E-state index contributed by atoms with van der Waals surface area (Å²) >= 11 is 0. The van der Waals surface area contributed by atoms with Crippen molar-refractivity contribution in [2.45, 2.75) is 0 Å². The molecule has 56 valence electrons. The third-order valence-corrected chi connectivity index (χ3v) is 0. The van der Waals surface area contributed by atoms with Crippen molar-refractivity contribution in [3.63, 3.8) is 0 Å². The smallest absolute Gasteiger partial charge is 0 e. The SMILES string of the molecule is O=P(O)(O)O.[AlH3].[CaH2].[SiH4].[W]. The van der Waals surface area contributed by atoms with Crippen LogP contribution in [0.3, 0.4) is 0 Å². The van der Waals surface area contributed by atoms with Gasteiger partial charge in [-0.25, -0.2) is 4.57 Å². The summed E-state index contributed by atoms with van der Waals surface area (Å²) < 4.78 is 8.88. The molecule has 0 rings (SSSR count). The first-order chi connectivity index (χ1) is 2.00. The standard InChI is InChI=1S/Al.Ca.H3O4P.H4Si.W.5H/c;;1-5(2,3)4;;;;;;;/h;;(H3,1,2,3,4);1H4;;;;;;. The van der Waals surface area contributed by atoms with Crippen LogP contribution >= 0.6 is 7.82 Å². The van der Waals surface area contributed by atoms with Gasteiger partial charge in [-0.2, -0.15) is 0 Å². The molecule has 0 saturated heterocycles. The van der Waals surface area contributed by atoms with Crippen molar-refractivity contribution in [3.05, 3.63) is 0 Å². The number of hydrogen-bond acceptors (Lipinski definition) is 1. The molecular formula is H12AlCaO4PSiW. The van der Waals surface area contributed by atoms with Gasteiger partial charge in [-0.1, -0.05) is 0 Å². The molecule has 4 nitrogen and oxygen atoms in total. The molecule has 0 aromatic heterocycles. The zero-order valence-electron chi connectivity index (χ0n) is 2.61. The van der Waals surface area contributed by atoms with Crippen LogP contribution in [0, 0.1) is 0 Å². The van der Waals surface area contributed by atoms with E-state index in [0.717, 1.165) is 0 Å². The van der Waals surface area contributed by atoms with Crippen LogP contribution in [-0.4, -0.2) is 80.7 Å². The maximum atomic E-state index is 8.88. The van der Waals surface area contributed by atoms with Gasteiger partial charge in [-0.3, -0.25) is 0 Å². The second-order valence-corrected chi connectivity index (χ2v) is 1.54. The maximum absolute atomic E-state index is 8.88. The summed E-state index contributed by atoms with van der Waals surface area (Å²) in [5.74, 6) is 0. The molecule has 9 heteroatoms. The molecule has 0 amide bonds. The first-order valence-electron chi connectivity index (χ1n) is 0.783. The van der Waals surface area contributed by atoms with Crippen molar-refractivity contribution in [3.8, 4) is 0 Å². The van der Waals surface area contributed by atoms with Crippen LogP contribution in [0.2, 0.25) is 0 Å². The quantitative estimate of drug-likeness (QED) is 0.290. The molecule has 0 aromatic carbocycles. The third-order valence-electron chi connectivity index (χ3n) is 0. The van der Waals surface area contributed by atoms with Crippen LogP contribution in [0.1, 0.15) is 0 Å². The molecule has 0 aliphatic rings. The Labute approximate surface area is 112 Å². The van der Waals surface area contributed by atoms with E-state index in [1.54, 1.807) is 0 Å². The van der Waals surface area contributed by atoms with Gasteiger partial charge in [0.05, 0.1) is 0 Å². The Hall–Kier alpha value is 2.81. The third kappa shape index (κ3) is 106. The largest absolute Gasteiger partial charge is 0.0149 e. The molecule has 0 radical (unpaired) electrons. The van der Waals surface area contributed by atoms with Crippen molar-refractivity contribution >= 4 is 73.9 Å². The molecule has 0 unspecified atom stereocenters. The average molecular weight is 386 g/mol. The summed E-state index contributed by atoms with van der Waals surface area (Å²) in [4.78, 5) is 21.6. The Bertz CT molecular complexity index is 66.7. The molecule has 0 aromatic rings. The van der Waals surface area contributed by atoms with E-state index < -0.39 is 7.82 Å². The van der Waals surface area contributed by atoms with Crippen LogP contribution in [-0.2, 0) is 25.6 Å². The van der Waals surface area contributed by atoms with Gasteiger partial charge < -0.3 is 14.7 Å². The minimum absolute atomic E-state index is 0. The molecule has 9 heavy (non-hydrogen) atoms. The molecule has 0 fully saturated rings. The summed E-state index contributed by atoms with van der Waals surface area (Å²) in [5, 5.41) is 0. The summed E-state index contributed by atoms with van der Waals surface area (Å²) in [6, 6.07) is 0. The van der Waals surface area contributed by atoms with Crippen molar-refractivity contribution in [2.75, 3.05) is 0 Å². The van der Waals surface area contributed by atoms with E-state index in [1.807, 2.05) is 0 Å². The molecule has 3 N–H and O–H groups in total. The molecule has 0 aliphatic carbocycles. The first-order valence-corrected chi connectivity index (χ1v) is 2.35. The molecule has 0 aliphatic heterocycles. The van der Waals surface area contributed by atoms with E-state index in [2.05, 4.69) is 0 Å². The molecule has 0 spiro atoms. The Morgan fingerprint density at radius 2 is 1.11 bits per heavy atom. The van der Waals surface area contributed by atoms with E-state index in [4.69, 9.17) is 19.2 Å². The van der Waals surface area contributed by atoms with E-state index in [1.165, 1.54) is 0 Å². The van der Waals surface area contributed by atoms with Gasteiger partial charge in [0, 0.05) is 21.1 Å². The topological polar surface area (TPSA) is 77.8 Å². The van der Waals surface area contributed by atoms with Crippen LogP contribution < -0.4 is 0 Å². The zero-order valence-corrected chi connectivity index (χ0v) is 6.43. The van der Waals surface area contributed by atoms with E-state index in [0.29, 0.717) is 0 Å². The van der Waals surface area contributed by atoms with Gasteiger partial charge in [0.2, 0.25) is 0 Å². The van der Waals surface area contributed by atoms with Gasteiger partial charge in [0.1, 0.15) is 0 Å². The van der Waals surface area contributed by atoms with Crippen LogP contribution in [0.4, 0.5) is 0 Å². The Balaban J connectivity index is -0.0000000133. The predicted octanol–water partition coefficient (Wildman–Crippen LogP) is -4.48. The molecule has 0 heterocycles. The van der Waals surface area contributed by atoms with E-state index >= 15 is 0 Å². The summed E-state index contributed by atoms with van der Waals surface area (Å²) in [7, 11) is -4.64. The average Bonchev–Trinajstić information content (AvgIpc) is 0.722. The first kappa shape index (κ1) is 29.8. The molecular weight excluding hydrogens is 374 g/mol. The van der Waals surface area contributed by atoms with E-state index in [9.17, 15) is 0 Å². The number of hydrogen-bond donors (Lipinski definition) is 3. The summed E-state index contributed by atoms with van der Waals surface area (Å²) in [6.45, 7) is 0. The summed E-state index contributed by atoms with van der Waals surface area (Å²) in [5.41, 5.74) is 0. The van der Waals surface area contributed by atoms with Crippen molar-refractivity contribution in [1.29, 1.82) is 0 Å². The predicted molar refractivity (Wildman–Crippen MR) is 44.1 cm³/mol. The molecule has 0 atom stereocenters. The van der Waals surface area contributed by atoms with Gasteiger partial charge in [-0.15, -0.1) is 0 Å². The minimum Gasteiger partial charge on any atom is -0.0149 e. The minimum atomic E-state index is -4.64. The number of rotatable bonds is 0. The normalized spacial score (nSPS) is 6.56. The number of phosphoric acid groups is 1. The van der Waals surface area contributed by atoms with Crippen LogP contribution in [0.5, 0.6) is 0 Å². The van der Waals surface area contributed by atoms with Crippen LogP contribution in [0.25, 0.3) is 0 Å².